The van der Waals surface area contributed by atoms with Crippen LogP contribution in [0.5, 0.6) is 0 Å². The number of piperidine rings is 1. The van der Waals surface area contributed by atoms with Crippen molar-refractivity contribution in [1.82, 2.24) is 4.90 Å². The lowest BCUT2D eigenvalue weighted by atomic mass is 9.98. The van der Waals surface area contributed by atoms with Crippen molar-refractivity contribution in [3.8, 4) is 0 Å². The molecule has 5 heteroatoms. The highest BCUT2D eigenvalue weighted by Gasteiger charge is 2.34. The fourth-order valence-corrected chi connectivity index (χ4v) is 2.74. The van der Waals surface area contributed by atoms with Gasteiger partial charge in [-0.25, -0.2) is 0 Å². The molecule has 102 valence electrons. The Balaban J connectivity index is 1.97. The largest absolute Gasteiger partial charge is 0.469 e. The number of methoxy groups -OCH3 is 1. The number of nitrogens with zero attached hydrogens (tertiary/aromatic N) is 1. The van der Waals surface area contributed by atoms with Gasteiger partial charge >= 0.3 is 5.97 Å². The highest BCUT2D eigenvalue weighted by molar-refractivity contribution is 5.82. The van der Waals surface area contributed by atoms with Crippen molar-refractivity contribution in [2.75, 3.05) is 20.3 Å². The first-order valence-electron chi connectivity index (χ1n) is 6.71. The highest BCUT2D eigenvalue weighted by atomic mass is 16.5. The van der Waals surface area contributed by atoms with Crippen molar-refractivity contribution in [3.63, 3.8) is 0 Å². The lowest BCUT2D eigenvalue weighted by Gasteiger charge is -2.36. The minimum Gasteiger partial charge on any atom is -0.469 e. The molecule has 2 aliphatic heterocycles. The van der Waals surface area contributed by atoms with E-state index in [4.69, 9.17) is 9.47 Å². The zero-order chi connectivity index (χ0) is 13.0. The molecule has 2 aliphatic rings. The van der Waals surface area contributed by atoms with E-state index >= 15 is 0 Å². The van der Waals surface area contributed by atoms with Gasteiger partial charge in [0.15, 0.2) is 0 Å². The van der Waals surface area contributed by atoms with E-state index in [0.29, 0.717) is 13.0 Å². The van der Waals surface area contributed by atoms with Crippen molar-refractivity contribution in [1.29, 1.82) is 0 Å². The Morgan fingerprint density at radius 3 is 2.78 bits per heavy atom. The Morgan fingerprint density at radius 2 is 2.11 bits per heavy atom. The first kappa shape index (κ1) is 13.3. The van der Waals surface area contributed by atoms with Crippen LogP contribution in [0, 0.1) is 0 Å². The first-order chi connectivity index (χ1) is 8.72. The van der Waals surface area contributed by atoms with E-state index in [2.05, 4.69) is 0 Å². The van der Waals surface area contributed by atoms with Crippen molar-refractivity contribution in [3.05, 3.63) is 0 Å². The minimum atomic E-state index is -0.289. The number of amides is 1. The molecule has 0 spiro atoms. The number of ether oxygens (including phenoxy) is 2. The van der Waals surface area contributed by atoms with Crippen LogP contribution < -0.4 is 0 Å². The van der Waals surface area contributed by atoms with E-state index in [1.165, 1.54) is 7.11 Å². The van der Waals surface area contributed by atoms with Crippen LogP contribution >= 0.6 is 0 Å². The predicted molar refractivity (Wildman–Crippen MR) is 65.0 cm³/mol. The minimum absolute atomic E-state index is 0.0112. The van der Waals surface area contributed by atoms with E-state index < -0.39 is 0 Å². The van der Waals surface area contributed by atoms with Gasteiger partial charge in [0.05, 0.1) is 13.5 Å². The van der Waals surface area contributed by atoms with Crippen LogP contribution in [0.4, 0.5) is 0 Å². The summed E-state index contributed by atoms with van der Waals surface area (Å²) in [6.45, 7) is 1.41. The number of esters is 1. The lowest BCUT2D eigenvalue weighted by Crippen LogP contribution is -2.48. The van der Waals surface area contributed by atoms with Crippen LogP contribution in [0.2, 0.25) is 0 Å². The zero-order valence-electron chi connectivity index (χ0n) is 10.9. The molecule has 0 saturated carbocycles. The number of likely N-dealkylation sites (tertiary alicyclic amines) is 1. The normalized spacial score (nSPS) is 28.2. The molecule has 2 rings (SSSR count). The SMILES string of the molecule is COC(=O)CC1CCCCN1C(=O)[C@@H]1CCCO1. The van der Waals surface area contributed by atoms with Crippen LogP contribution in [0.3, 0.4) is 0 Å². The van der Waals surface area contributed by atoms with Crippen molar-refractivity contribution < 1.29 is 19.1 Å². The maximum Gasteiger partial charge on any atom is 0.307 e. The van der Waals surface area contributed by atoms with Gasteiger partial charge in [-0.1, -0.05) is 0 Å². The van der Waals surface area contributed by atoms with Crippen molar-refractivity contribution in [2.24, 2.45) is 0 Å². The summed E-state index contributed by atoms with van der Waals surface area (Å²) in [4.78, 5) is 25.5. The molecule has 0 aromatic rings. The summed E-state index contributed by atoms with van der Waals surface area (Å²) in [5.41, 5.74) is 0. The molecule has 0 aliphatic carbocycles. The summed E-state index contributed by atoms with van der Waals surface area (Å²) in [7, 11) is 1.39. The third kappa shape index (κ3) is 3.02. The number of carbonyl (C=O) groups excluding carboxylic acids is 2. The maximum atomic E-state index is 12.3. The van der Waals surface area contributed by atoms with Crippen molar-refractivity contribution >= 4 is 11.9 Å². The molecule has 0 aromatic heterocycles. The second-order valence-electron chi connectivity index (χ2n) is 4.96. The van der Waals surface area contributed by atoms with Crippen LogP contribution in [0.25, 0.3) is 0 Å². The molecule has 1 unspecified atom stereocenters. The molecule has 2 atom stereocenters. The maximum absolute atomic E-state index is 12.3. The third-order valence-corrected chi connectivity index (χ3v) is 3.75. The van der Waals surface area contributed by atoms with Gasteiger partial charge in [-0.15, -0.1) is 0 Å². The van der Waals surface area contributed by atoms with Crippen molar-refractivity contribution in [2.45, 2.75) is 50.7 Å². The number of hydrogen-bond donors (Lipinski definition) is 0. The van der Waals surface area contributed by atoms with Gasteiger partial charge in [0, 0.05) is 19.2 Å². The van der Waals surface area contributed by atoms with Crippen LogP contribution in [0.1, 0.15) is 38.5 Å². The molecule has 0 radical (unpaired) electrons. The molecule has 2 fully saturated rings. The van der Waals surface area contributed by atoms with Gasteiger partial charge in [0.2, 0.25) is 0 Å². The standard InChI is InChI=1S/C13H21NO4/c1-17-12(15)9-10-5-2-3-7-14(10)13(16)11-6-4-8-18-11/h10-11H,2-9H2,1H3/t10?,11-/m0/s1. The molecular formula is C13H21NO4. The fraction of sp³-hybridized carbons (Fsp3) is 0.846. The second kappa shape index (κ2) is 6.18. The molecule has 18 heavy (non-hydrogen) atoms. The Hall–Kier alpha value is -1.10. The zero-order valence-corrected chi connectivity index (χ0v) is 10.9. The lowest BCUT2D eigenvalue weighted by molar-refractivity contribution is -0.148. The molecule has 0 aromatic carbocycles. The second-order valence-corrected chi connectivity index (χ2v) is 4.96. The molecule has 1 amide bonds. The molecular weight excluding hydrogens is 234 g/mol. The molecule has 2 saturated heterocycles. The Kier molecular flexibility index (Phi) is 4.58. The van der Waals surface area contributed by atoms with E-state index in [1.54, 1.807) is 0 Å². The smallest absolute Gasteiger partial charge is 0.307 e. The third-order valence-electron chi connectivity index (χ3n) is 3.75. The summed E-state index contributed by atoms with van der Waals surface area (Å²) in [6, 6.07) is -0.0112. The summed E-state index contributed by atoms with van der Waals surface area (Å²) >= 11 is 0. The molecule has 5 nitrogen and oxygen atoms in total. The highest BCUT2D eigenvalue weighted by Crippen LogP contribution is 2.24. The van der Waals surface area contributed by atoms with E-state index in [1.807, 2.05) is 4.90 Å². The monoisotopic (exact) mass is 255 g/mol. The average molecular weight is 255 g/mol. The van der Waals surface area contributed by atoms with Gasteiger partial charge in [0.25, 0.3) is 5.91 Å². The van der Waals surface area contributed by atoms with E-state index in [0.717, 1.165) is 38.6 Å². The topological polar surface area (TPSA) is 55.8 Å². The number of rotatable bonds is 3. The summed E-state index contributed by atoms with van der Waals surface area (Å²) in [5, 5.41) is 0. The quantitative estimate of drug-likeness (QED) is 0.709. The van der Waals surface area contributed by atoms with Crippen LogP contribution in [0.15, 0.2) is 0 Å². The predicted octanol–water partition coefficient (Wildman–Crippen LogP) is 1.11. The number of carbonyl (C=O) groups is 2. The molecule has 0 N–H and O–H groups in total. The Bertz CT molecular complexity index is 312. The molecule has 0 bridgehead atoms. The first-order valence-corrected chi connectivity index (χ1v) is 6.71. The van der Waals surface area contributed by atoms with E-state index in [9.17, 15) is 9.59 Å². The number of hydrogen-bond acceptors (Lipinski definition) is 4. The van der Waals surface area contributed by atoms with Crippen LogP contribution in [-0.2, 0) is 19.1 Å². The fourth-order valence-electron chi connectivity index (χ4n) is 2.74. The van der Waals surface area contributed by atoms with Gasteiger partial charge in [-0.05, 0) is 32.1 Å². The average Bonchev–Trinajstić information content (AvgIpc) is 2.92. The summed E-state index contributed by atoms with van der Waals surface area (Å²) in [6.07, 6.45) is 4.73. The summed E-state index contributed by atoms with van der Waals surface area (Å²) in [5.74, 6) is -0.187. The van der Waals surface area contributed by atoms with E-state index in [-0.39, 0.29) is 24.0 Å². The Morgan fingerprint density at radius 1 is 1.28 bits per heavy atom. The van der Waals surface area contributed by atoms with Gasteiger partial charge in [0.1, 0.15) is 6.10 Å². The van der Waals surface area contributed by atoms with Gasteiger partial charge in [-0.2, -0.15) is 0 Å². The summed E-state index contributed by atoms with van der Waals surface area (Å²) < 4.78 is 10.1. The van der Waals surface area contributed by atoms with Gasteiger partial charge < -0.3 is 14.4 Å². The van der Waals surface area contributed by atoms with Gasteiger partial charge in [-0.3, -0.25) is 9.59 Å². The molecule has 2 heterocycles. The van der Waals surface area contributed by atoms with Crippen LogP contribution in [-0.4, -0.2) is 49.2 Å². The Labute approximate surface area is 107 Å².